The van der Waals surface area contributed by atoms with Crippen molar-refractivity contribution < 1.29 is 13.9 Å². The summed E-state index contributed by atoms with van der Waals surface area (Å²) in [6.45, 7) is 0. The van der Waals surface area contributed by atoms with E-state index in [9.17, 15) is 9.18 Å². The summed E-state index contributed by atoms with van der Waals surface area (Å²) in [5, 5.41) is 10.6. The maximum Gasteiger partial charge on any atom is 0.289 e. The third-order valence-electron chi connectivity index (χ3n) is 3.70. The number of nitrogens with one attached hydrogen (secondary N) is 2. The number of para-hydroxylation sites is 1. The van der Waals surface area contributed by atoms with Crippen molar-refractivity contribution in [3.63, 3.8) is 0 Å². The van der Waals surface area contributed by atoms with Gasteiger partial charge >= 0.3 is 0 Å². The minimum atomic E-state index is -0.433. The first-order valence-corrected chi connectivity index (χ1v) is 8.12. The number of hydrazone groups is 1. The van der Waals surface area contributed by atoms with Gasteiger partial charge in [0.25, 0.3) is 5.91 Å². The van der Waals surface area contributed by atoms with Gasteiger partial charge in [-0.1, -0.05) is 18.2 Å². The van der Waals surface area contributed by atoms with Gasteiger partial charge in [0.15, 0.2) is 0 Å². The lowest BCUT2D eigenvalue weighted by atomic mass is 10.1. The highest BCUT2D eigenvalue weighted by atomic mass is 19.1. The van der Waals surface area contributed by atoms with Gasteiger partial charge in [0.1, 0.15) is 17.3 Å². The second kappa shape index (κ2) is 8.57. The molecule has 6 nitrogen and oxygen atoms in total. The predicted octanol–water partition coefficient (Wildman–Crippen LogP) is 3.65. The Labute approximate surface area is 155 Å². The average Bonchev–Trinajstić information content (AvgIpc) is 3.19. The molecule has 2 aromatic carbocycles. The molecule has 27 heavy (non-hydrogen) atoms. The molecule has 0 aliphatic carbocycles. The molecule has 3 aromatic rings. The lowest BCUT2D eigenvalue weighted by Crippen LogP contribution is -2.17. The average molecular weight is 364 g/mol. The second-order valence-electron chi connectivity index (χ2n) is 5.49. The molecule has 7 heteroatoms. The van der Waals surface area contributed by atoms with Gasteiger partial charge in [-0.2, -0.15) is 10.2 Å². The van der Waals surface area contributed by atoms with Crippen molar-refractivity contribution in [2.75, 3.05) is 7.11 Å². The summed E-state index contributed by atoms with van der Waals surface area (Å²) in [7, 11) is 1.60. The molecule has 0 atom stereocenters. The largest absolute Gasteiger partial charge is 0.496 e. The van der Waals surface area contributed by atoms with Crippen LogP contribution in [0.25, 0.3) is 17.3 Å². The number of halogens is 1. The quantitative estimate of drug-likeness (QED) is 0.518. The number of carbonyl (C=O) groups is 1. The first-order chi connectivity index (χ1) is 13.2. The summed E-state index contributed by atoms with van der Waals surface area (Å²) in [6.07, 6.45) is 4.97. The van der Waals surface area contributed by atoms with Gasteiger partial charge in [-0.05, 0) is 48.6 Å². The molecule has 0 radical (unpaired) electrons. The summed E-state index contributed by atoms with van der Waals surface area (Å²) in [5.41, 5.74) is 4.80. The molecule has 136 valence electrons. The molecule has 0 fully saturated rings. The Kier molecular flexibility index (Phi) is 5.73. The van der Waals surface area contributed by atoms with Gasteiger partial charge in [-0.3, -0.25) is 9.89 Å². The fraction of sp³-hybridized carbons (Fsp3) is 0.0500. The van der Waals surface area contributed by atoms with E-state index in [1.54, 1.807) is 31.4 Å². The Balaban J connectivity index is 1.58. The fourth-order valence-electron chi connectivity index (χ4n) is 2.36. The van der Waals surface area contributed by atoms with E-state index < -0.39 is 5.91 Å². The predicted molar refractivity (Wildman–Crippen MR) is 102 cm³/mol. The first kappa shape index (κ1) is 18.1. The van der Waals surface area contributed by atoms with Gasteiger partial charge in [-0.15, -0.1) is 0 Å². The molecule has 0 aliphatic rings. The number of hydrogen-bond donors (Lipinski definition) is 2. The number of methoxy groups -OCH3 is 1. The molecule has 2 N–H and O–H groups in total. The van der Waals surface area contributed by atoms with Crippen LogP contribution in [-0.4, -0.2) is 29.4 Å². The van der Waals surface area contributed by atoms with E-state index in [-0.39, 0.29) is 11.5 Å². The van der Waals surface area contributed by atoms with Crippen molar-refractivity contribution >= 4 is 18.2 Å². The second-order valence-corrected chi connectivity index (χ2v) is 5.49. The van der Waals surface area contributed by atoms with Crippen LogP contribution in [0.15, 0.2) is 65.8 Å². The molecule has 0 spiro atoms. The highest BCUT2D eigenvalue weighted by Crippen LogP contribution is 2.19. The number of H-pyrrole nitrogens is 1. The van der Waals surface area contributed by atoms with Crippen molar-refractivity contribution in [1.29, 1.82) is 0 Å². The van der Waals surface area contributed by atoms with Gasteiger partial charge in [0.2, 0.25) is 0 Å². The molecule has 1 heterocycles. The Morgan fingerprint density at radius 1 is 1.22 bits per heavy atom. The third kappa shape index (κ3) is 4.66. The standard InChI is InChI=1S/C20H17FN4O2/c1-27-19-7-3-2-5-15(19)6-4-12-22-25-20(26)18-13-17(23-24-18)14-8-10-16(21)11-9-14/h2-13H,1H3,(H,23,24)(H,25,26)/b6-4+,22-12+. The number of allylic oxidation sites excluding steroid dienone is 1. The van der Waals surface area contributed by atoms with Crippen LogP contribution in [0, 0.1) is 5.82 Å². The van der Waals surface area contributed by atoms with Gasteiger partial charge < -0.3 is 4.74 Å². The molecule has 0 bridgehead atoms. The van der Waals surface area contributed by atoms with Crippen molar-refractivity contribution in [3.8, 4) is 17.0 Å². The van der Waals surface area contributed by atoms with Crippen molar-refractivity contribution in [2.45, 2.75) is 0 Å². The number of rotatable bonds is 6. The van der Waals surface area contributed by atoms with Gasteiger partial charge in [0, 0.05) is 17.3 Å². The van der Waals surface area contributed by atoms with Crippen LogP contribution in [0.3, 0.4) is 0 Å². The molecule has 0 saturated heterocycles. The van der Waals surface area contributed by atoms with Crippen LogP contribution in [0.1, 0.15) is 16.1 Å². The van der Waals surface area contributed by atoms with E-state index in [1.807, 2.05) is 30.3 Å². The fourth-order valence-corrected chi connectivity index (χ4v) is 2.36. The number of nitrogens with zero attached hydrogens (tertiary/aromatic N) is 2. The van der Waals surface area contributed by atoms with Crippen molar-refractivity contribution in [2.24, 2.45) is 5.10 Å². The summed E-state index contributed by atoms with van der Waals surface area (Å²) < 4.78 is 18.2. The van der Waals surface area contributed by atoms with E-state index in [4.69, 9.17) is 4.74 Å². The van der Waals surface area contributed by atoms with E-state index in [1.165, 1.54) is 18.3 Å². The van der Waals surface area contributed by atoms with E-state index in [0.29, 0.717) is 11.3 Å². The summed E-state index contributed by atoms with van der Waals surface area (Å²) >= 11 is 0. The van der Waals surface area contributed by atoms with E-state index in [2.05, 4.69) is 20.7 Å². The SMILES string of the molecule is COc1ccccc1/C=C/C=N/NC(=O)c1cc(-c2ccc(F)cc2)n[nH]1. The number of ether oxygens (including phenoxy) is 1. The van der Waals surface area contributed by atoms with Gasteiger partial charge in [0.05, 0.1) is 12.8 Å². The normalized spacial score (nSPS) is 11.2. The number of hydrogen-bond acceptors (Lipinski definition) is 4. The molecule has 0 aliphatic heterocycles. The van der Waals surface area contributed by atoms with Crippen LogP contribution >= 0.6 is 0 Å². The summed E-state index contributed by atoms with van der Waals surface area (Å²) in [6, 6.07) is 15.0. The number of aromatic amines is 1. The Bertz CT molecular complexity index is 978. The number of amides is 1. The maximum absolute atomic E-state index is 13.0. The zero-order valence-electron chi connectivity index (χ0n) is 14.5. The molecule has 0 unspecified atom stereocenters. The van der Waals surface area contributed by atoms with E-state index >= 15 is 0 Å². The van der Waals surface area contributed by atoms with Gasteiger partial charge in [-0.25, -0.2) is 9.82 Å². The van der Waals surface area contributed by atoms with Crippen LogP contribution in [0.2, 0.25) is 0 Å². The van der Waals surface area contributed by atoms with Crippen molar-refractivity contribution in [3.05, 3.63) is 77.7 Å². The number of carbonyl (C=O) groups excluding carboxylic acids is 1. The molecular formula is C20H17FN4O2. The summed E-state index contributed by atoms with van der Waals surface area (Å²) in [4.78, 5) is 12.1. The Hall–Kier alpha value is -3.74. The van der Waals surface area contributed by atoms with Crippen LogP contribution < -0.4 is 10.2 Å². The lowest BCUT2D eigenvalue weighted by molar-refractivity contribution is 0.0950. The maximum atomic E-state index is 13.0. The highest BCUT2D eigenvalue weighted by Gasteiger charge is 2.10. The van der Waals surface area contributed by atoms with Crippen LogP contribution in [-0.2, 0) is 0 Å². The van der Waals surface area contributed by atoms with Crippen molar-refractivity contribution in [1.82, 2.24) is 15.6 Å². The monoisotopic (exact) mass is 364 g/mol. The van der Waals surface area contributed by atoms with Crippen LogP contribution in [0.4, 0.5) is 4.39 Å². The van der Waals surface area contributed by atoms with Crippen LogP contribution in [0.5, 0.6) is 5.75 Å². The molecular weight excluding hydrogens is 347 g/mol. The Morgan fingerprint density at radius 3 is 2.78 bits per heavy atom. The molecule has 3 rings (SSSR count). The highest BCUT2D eigenvalue weighted by molar-refractivity contribution is 5.94. The molecule has 1 amide bonds. The Morgan fingerprint density at radius 2 is 2.00 bits per heavy atom. The minimum absolute atomic E-state index is 0.250. The first-order valence-electron chi connectivity index (χ1n) is 8.12. The summed E-state index contributed by atoms with van der Waals surface area (Å²) in [5.74, 6) is -0.0162. The topological polar surface area (TPSA) is 79.4 Å². The number of aromatic nitrogens is 2. The number of benzene rings is 2. The van der Waals surface area contributed by atoms with E-state index in [0.717, 1.165) is 11.3 Å². The molecule has 1 aromatic heterocycles. The smallest absolute Gasteiger partial charge is 0.289 e. The third-order valence-corrected chi connectivity index (χ3v) is 3.70. The molecule has 0 saturated carbocycles. The lowest BCUT2D eigenvalue weighted by Gasteiger charge is -2.02. The minimum Gasteiger partial charge on any atom is -0.496 e. The zero-order valence-corrected chi connectivity index (χ0v) is 14.5. The zero-order chi connectivity index (χ0) is 19.1.